The lowest BCUT2D eigenvalue weighted by molar-refractivity contribution is 0.0964. The molecule has 0 aliphatic carbocycles. The molecule has 6 nitrogen and oxygen atoms in total. The van der Waals surface area contributed by atoms with Crippen LogP contribution in [0.5, 0.6) is 17.2 Å². The minimum Gasteiger partial charge on any atom is -0.508 e. The van der Waals surface area contributed by atoms with Crippen LogP contribution in [0.3, 0.4) is 0 Å². The largest absolute Gasteiger partial charge is 0.508 e. The summed E-state index contributed by atoms with van der Waals surface area (Å²) in [5.74, 6) is -1.94. The van der Waals surface area contributed by atoms with Crippen molar-refractivity contribution in [2.75, 3.05) is 0 Å². The lowest BCUT2D eigenvalue weighted by atomic mass is 9.91. The number of hydrogen-bond acceptors (Lipinski definition) is 6. The Morgan fingerprint density at radius 1 is 1.05 bits per heavy atom. The van der Waals surface area contributed by atoms with E-state index in [1.807, 2.05) is 0 Å². The molecule has 21 heavy (non-hydrogen) atoms. The number of aromatic hydroxyl groups is 3. The van der Waals surface area contributed by atoms with E-state index in [1.165, 1.54) is 12.1 Å². The molecule has 2 rings (SSSR count). The van der Waals surface area contributed by atoms with Gasteiger partial charge in [-0.2, -0.15) is 0 Å². The van der Waals surface area contributed by atoms with Crippen molar-refractivity contribution < 1.29 is 20.1 Å². The fourth-order valence-corrected chi connectivity index (χ4v) is 2.05. The second-order valence-electron chi connectivity index (χ2n) is 4.63. The molecule has 0 spiro atoms. The van der Waals surface area contributed by atoms with Gasteiger partial charge in [-0.3, -0.25) is 4.79 Å². The standard InChI is InChI=1S/C15H13NO5/c1-8(9-2-4-10(17)5-3-9)15(20)14-12(16-21)6-11(18)7-13(14)19/h2-8,17-19H,1H3. The quantitative estimate of drug-likeness (QED) is 0.591. The molecular weight excluding hydrogens is 274 g/mol. The fourth-order valence-electron chi connectivity index (χ4n) is 2.05. The van der Waals surface area contributed by atoms with Crippen LogP contribution in [0.2, 0.25) is 0 Å². The maximum atomic E-state index is 12.4. The van der Waals surface area contributed by atoms with Gasteiger partial charge < -0.3 is 15.3 Å². The highest BCUT2D eigenvalue weighted by Crippen LogP contribution is 2.36. The first-order valence-corrected chi connectivity index (χ1v) is 6.16. The average Bonchev–Trinajstić information content (AvgIpc) is 2.45. The van der Waals surface area contributed by atoms with Crippen molar-refractivity contribution in [2.45, 2.75) is 12.8 Å². The number of nitroso groups, excluding NO2 is 1. The van der Waals surface area contributed by atoms with Crippen molar-refractivity contribution >= 4 is 11.5 Å². The van der Waals surface area contributed by atoms with Gasteiger partial charge in [0.2, 0.25) is 0 Å². The Morgan fingerprint density at radius 3 is 2.24 bits per heavy atom. The number of phenolic OH excluding ortho intramolecular Hbond substituents is 3. The van der Waals surface area contributed by atoms with E-state index in [0.717, 1.165) is 12.1 Å². The molecule has 0 fully saturated rings. The number of ketones is 1. The maximum Gasteiger partial charge on any atom is 0.176 e. The summed E-state index contributed by atoms with van der Waals surface area (Å²) in [4.78, 5) is 23.2. The van der Waals surface area contributed by atoms with Crippen molar-refractivity contribution in [1.82, 2.24) is 0 Å². The SMILES string of the molecule is CC(C(=O)c1c(O)cc(O)cc1N=O)c1ccc(O)cc1. The Balaban J connectivity index is 2.44. The third-order valence-corrected chi connectivity index (χ3v) is 3.21. The molecule has 0 aliphatic rings. The van der Waals surface area contributed by atoms with Gasteiger partial charge in [-0.25, -0.2) is 0 Å². The number of nitrogens with zero attached hydrogens (tertiary/aromatic N) is 1. The van der Waals surface area contributed by atoms with Crippen LogP contribution in [-0.4, -0.2) is 21.1 Å². The van der Waals surface area contributed by atoms with Gasteiger partial charge in [-0.05, 0) is 22.9 Å². The van der Waals surface area contributed by atoms with E-state index in [4.69, 9.17) is 0 Å². The molecule has 2 aromatic rings. The fraction of sp³-hybridized carbons (Fsp3) is 0.133. The molecule has 0 bridgehead atoms. The van der Waals surface area contributed by atoms with E-state index in [-0.39, 0.29) is 22.7 Å². The predicted molar refractivity (Wildman–Crippen MR) is 76.1 cm³/mol. The topological polar surface area (TPSA) is 107 Å². The van der Waals surface area contributed by atoms with Gasteiger partial charge in [0.25, 0.3) is 0 Å². The predicted octanol–water partition coefficient (Wildman–Crippen LogP) is 3.19. The summed E-state index contributed by atoms with van der Waals surface area (Å²) in [5.41, 5.74) is 0.0635. The van der Waals surface area contributed by atoms with Crippen molar-refractivity contribution in [1.29, 1.82) is 0 Å². The lowest BCUT2D eigenvalue weighted by Gasteiger charge is -2.13. The molecule has 0 heterocycles. The number of benzene rings is 2. The minimum absolute atomic E-state index is 0.0705. The third kappa shape index (κ3) is 2.84. The zero-order valence-electron chi connectivity index (χ0n) is 11.1. The van der Waals surface area contributed by atoms with Gasteiger partial charge in [0.1, 0.15) is 22.9 Å². The first kappa shape index (κ1) is 14.5. The average molecular weight is 287 g/mol. The van der Waals surface area contributed by atoms with Crippen LogP contribution in [-0.2, 0) is 0 Å². The van der Waals surface area contributed by atoms with E-state index in [2.05, 4.69) is 5.18 Å². The smallest absolute Gasteiger partial charge is 0.176 e. The number of hydrogen-bond donors (Lipinski definition) is 3. The van der Waals surface area contributed by atoms with Gasteiger partial charge in [-0.15, -0.1) is 4.91 Å². The molecule has 0 radical (unpaired) electrons. The van der Waals surface area contributed by atoms with Crippen LogP contribution in [0.4, 0.5) is 5.69 Å². The number of carbonyl (C=O) groups excluding carboxylic acids is 1. The van der Waals surface area contributed by atoms with Crippen molar-refractivity contribution in [3.05, 3.63) is 52.4 Å². The van der Waals surface area contributed by atoms with Crippen LogP contribution in [0.25, 0.3) is 0 Å². The molecule has 6 heteroatoms. The van der Waals surface area contributed by atoms with Gasteiger partial charge in [0.05, 0.1) is 5.56 Å². The summed E-state index contributed by atoms with van der Waals surface area (Å²) in [6.45, 7) is 1.61. The Bertz CT molecular complexity index is 694. The van der Waals surface area contributed by atoms with E-state index >= 15 is 0 Å². The molecule has 1 unspecified atom stereocenters. The molecule has 0 saturated heterocycles. The Labute approximate surface area is 120 Å². The molecule has 0 aliphatic heterocycles. The highest BCUT2D eigenvalue weighted by molar-refractivity contribution is 6.07. The summed E-state index contributed by atoms with van der Waals surface area (Å²) in [7, 11) is 0. The summed E-state index contributed by atoms with van der Waals surface area (Å²) >= 11 is 0. The highest BCUT2D eigenvalue weighted by atomic mass is 16.3. The van der Waals surface area contributed by atoms with Crippen LogP contribution >= 0.6 is 0 Å². The summed E-state index contributed by atoms with van der Waals surface area (Å²) in [6, 6.07) is 8.02. The molecule has 0 aromatic heterocycles. The summed E-state index contributed by atoms with van der Waals surface area (Å²) in [6.07, 6.45) is 0. The van der Waals surface area contributed by atoms with Crippen molar-refractivity contribution in [3.8, 4) is 17.2 Å². The second-order valence-corrected chi connectivity index (χ2v) is 4.63. The molecule has 0 saturated carbocycles. The van der Waals surface area contributed by atoms with Crippen LogP contribution in [0.15, 0.2) is 41.6 Å². The first-order valence-electron chi connectivity index (χ1n) is 6.16. The zero-order valence-corrected chi connectivity index (χ0v) is 11.1. The van der Waals surface area contributed by atoms with Gasteiger partial charge in [-0.1, -0.05) is 19.1 Å². The van der Waals surface area contributed by atoms with E-state index in [0.29, 0.717) is 5.56 Å². The van der Waals surface area contributed by atoms with Gasteiger partial charge in [0.15, 0.2) is 5.78 Å². The normalized spacial score (nSPS) is 11.9. The van der Waals surface area contributed by atoms with Gasteiger partial charge in [0, 0.05) is 18.1 Å². The molecule has 1 atom stereocenters. The lowest BCUT2D eigenvalue weighted by Crippen LogP contribution is -2.10. The molecule has 108 valence electrons. The summed E-state index contributed by atoms with van der Waals surface area (Å²) < 4.78 is 0. The van der Waals surface area contributed by atoms with Crippen LogP contribution < -0.4 is 0 Å². The van der Waals surface area contributed by atoms with Crippen LogP contribution in [0.1, 0.15) is 28.8 Å². The number of phenols is 3. The molecular formula is C15H13NO5. The molecule has 3 N–H and O–H groups in total. The number of Topliss-reactive ketones (excluding diaryl/α,β-unsaturated/α-hetero) is 1. The van der Waals surface area contributed by atoms with E-state index in [9.17, 15) is 25.0 Å². The molecule has 0 amide bonds. The number of carbonyl (C=O) groups is 1. The van der Waals surface area contributed by atoms with Gasteiger partial charge >= 0.3 is 0 Å². The van der Waals surface area contributed by atoms with Crippen LogP contribution in [0, 0.1) is 4.91 Å². The van der Waals surface area contributed by atoms with Crippen molar-refractivity contribution in [2.24, 2.45) is 5.18 Å². The maximum absolute atomic E-state index is 12.4. The zero-order chi connectivity index (χ0) is 15.6. The number of rotatable bonds is 4. The van der Waals surface area contributed by atoms with E-state index in [1.54, 1.807) is 19.1 Å². The van der Waals surface area contributed by atoms with Crippen molar-refractivity contribution in [3.63, 3.8) is 0 Å². The third-order valence-electron chi connectivity index (χ3n) is 3.21. The highest BCUT2D eigenvalue weighted by Gasteiger charge is 2.24. The minimum atomic E-state index is -0.651. The molecule has 2 aromatic carbocycles. The first-order chi connectivity index (χ1) is 9.93. The second kappa shape index (κ2) is 5.62. The summed E-state index contributed by atoms with van der Waals surface area (Å²) in [5, 5.41) is 31.0. The van der Waals surface area contributed by atoms with E-state index < -0.39 is 17.5 Å². The Hall–Kier alpha value is -2.89. The Kier molecular flexibility index (Phi) is 3.89. The Morgan fingerprint density at radius 2 is 1.67 bits per heavy atom. The monoisotopic (exact) mass is 287 g/mol.